The zero-order chi connectivity index (χ0) is 14.9. The molecular formula is C14H14ClNO3S2. The number of halogens is 1. The molecule has 0 bridgehead atoms. The van der Waals surface area contributed by atoms with E-state index in [0.29, 0.717) is 41.1 Å². The highest BCUT2D eigenvalue weighted by Gasteiger charge is 2.29. The molecule has 1 aliphatic rings. The molecule has 0 fully saturated rings. The van der Waals surface area contributed by atoms with Gasteiger partial charge < -0.3 is 4.74 Å². The lowest BCUT2D eigenvalue weighted by Crippen LogP contribution is -2.31. The van der Waals surface area contributed by atoms with Gasteiger partial charge in [0.15, 0.2) is 0 Å². The van der Waals surface area contributed by atoms with Gasteiger partial charge >= 0.3 is 0 Å². The van der Waals surface area contributed by atoms with Gasteiger partial charge in [0.2, 0.25) is 0 Å². The van der Waals surface area contributed by atoms with Gasteiger partial charge in [0.05, 0.1) is 12.3 Å². The van der Waals surface area contributed by atoms with Crippen LogP contribution in [-0.4, -0.2) is 21.6 Å². The predicted molar refractivity (Wildman–Crippen MR) is 85.0 cm³/mol. The first-order valence-corrected chi connectivity index (χ1v) is 9.36. The van der Waals surface area contributed by atoms with Gasteiger partial charge in [0.25, 0.3) is 10.0 Å². The van der Waals surface area contributed by atoms with Crippen LogP contribution in [0.2, 0.25) is 0 Å². The van der Waals surface area contributed by atoms with Gasteiger partial charge in [-0.1, -0.05) is 12.1 Å². The zero-order valence-corrected chi connectivity index (χ0v) is 13.5. The fraction of sp³-hybridized carbons (Fsp3) is 0.286. The average molecular weight is 344 g/mol. The van der Waals surface area contributed by atoms with E-state index in [2.05, 4.69) is 0 Å². The van der Waals surface area contributed by atoms with Crippen molar-refractivity contribution < 1.29 is 13.2 Å². The molecule has 1 aromatic heterocycles. The lowest BCUT2D eigenvalue weighted by atomic mass is 10.3. The highest BCUT2D eigenvalue weighted by molar-refractivity contribution is 7.94. The minimum absolute atomic E-state index is 0.311. The molecule has 0 spiro atoms. The lowest BCUT2D eigenvalue weighted by Gasteiger charge is -2.22. The Morgan fingerprint density at radius 1 is 1.33 bits per heavy atom. The molecule has 112 valence electrons. The van der Waals surface area contributed by atoms with Crippen LogP contribution in [-0.2, 0) is 15.9 Å². The van der Waals surface area contributed by atoms with Crippen LogP contribution in [0.3, 0.4) is 0 Å². The number of ether oxygens (including phenoxy) is 1. The highest BCUT2D eigenvalue weighted by atomic mass is 35.5. The van der Waals surface area contributed by atoms with Crippen LogP contribution in [0.4, 0.5) is 5.69 Å². The van der Waals surface area contributed by atoms with E-state index in [4.69, 9.17) is 16.3 Å². The monoisotopic (exact) mass is 343 g/mol. The van der Waals surface area contributed by atoms with E-state index in [1.54, 1.807) is 23.6 Å². The van der Waals surface area contributed by atoms with Gasteiger partial charge in [-0.25, -0.2) is 8.42 Å². The van der Waals surface area contributed by atoms with Crippen LogP contribution in [0.5, 0.6) is 5.75 Å². The van der Waals surface area contributed by atoms with Crippen molar-refractivity contribution in [2.45, 2.75) is 16.5 Å². The quantitative estimate of drug-likeness (QED) is 0.802. The van der Waals surface area contributed by atoms with E-state index in [1.165, 1.54) is 15.6 Å². The first-order chi connectivity index (χ1) is 10.1. The summed E-state index contributed by atoms with van der Waals surface area (Å²) < 4.78 is 33.1. The standard InChI is InChI=1S/C14H14ClNO3S2/c15-9-11-8-14(20-10-11)21(17,18)16-6-3-7-19-13-5-2-1-4-12(13)16/h1-2,4-5,8,10H,3,6-7,9H2. The molecule has 0 radical (unpaired) electrons. The first kappa shape index (κ1) is 14.7. The maximum Gasteiger partial charge on any atom is 0.273 e. The van der Waals surface area contributed by atoms with Crippen molar-refractivity contribution in [2.75, 3.05) is 17.5 Å². The van der Waals surface area contributed by atoms with E-state index >= 15 is 0 Å². The minimum atomic E-state index is -3.57. The number of alkyl halides is 1. The van der Waals surface area contributed by atoms with Crippen molar-refractivity contribution in [1.82, 2.24) is 0 Å². The lowest BCUT2D eigenvalue weighted by molar-refractivity contribution is 0.322. The maximum absolute atomic E-state index is 12.9. The summed E-state index contributed by atoms with van der Waals surface area (Å²) in [5.74, 6) is 0.916. The van der Waals surface area contributed by atoms with Crippen molar-refractivity contribution in [3.8, 4) is 5.75 Å². The summed E-state index contributed by atoms with van der Waals surface area (Å²) in [6.07, 6.45) is 0.654. The molecule has 0 N–H and O–H groups in total. The Morgan fingerprint density at radius 2 is 2.14 bits per heavy atom. The third kappa shape index (κ3) is 2.75. The van der Waals surface area contributed by atoms with E-state index in [1.807, 2.05) is 12.1 Å². The second-order valence-corrected chi connectivity index (χ2v) is 7.92. The second kappa shape index (κ2) is 5.87. The molecule has 0 saturated carbocycles. The van der Waals surface area contributed by atoms with Crippen LogP contribution < -0.4 is 9.04 Å². The van der Waals surface area contributed by atoms with Crippen LogP contribution in [0.15, 0.2) is 39.9 Å². The Morgan fingerprint density at radius 3 is 2.90 bits per heavy atom. The largest absolute Gasteiger partial charge is 0.491 e. The molecule has 1 aromatic carbocycles. The number of sulfonamides is 1. The molecule has 2 heterocycles. The molecular weight excluding hydrogens is 330 g/mol. The van der Waals surface area contributed by atoms with E-state index < -0.39 is 10.0 Å². The average Bonchev–Trinajstić information content (AvgIpc) is 2.87. The molecule has 4 nitrogen and oxygen atoms in total. The van der Waals surface area contributed by atoms with Gasteiger partial charge in [-0.15, -0.1) is 22.9 Å². The predicted octanol–water partition coefficient (Wildman–Crippen LogP) is 3.46. The summed E-state index contributed by atoms with van der Waals surface area (Å²) in [5, 5.41) is 1.78. The van der Waals surface area contributed by atoms with Crippen LogP contribution in [0.25, 0.3) is 0 Å². The summed E-state index contributed by atoms with van der Waals surface area (Å²) in [4.78, 5) is 0. The number of rotatable bonds is 3. The number of nitrogens with zero attached hydrogens (tertiary/aromatic N) is 1. The smallest absolute Gasteiger partial charge is 0.273 e. The van der Waals surface area contributed by atoms with Crippen molar-refractivity contribution in [3.63, 3.8) is 0 Å². The Hall–Kier alpha value is -1.24. The maximum atomic E-state index is 12.9. The molecule has 0 unspecified atom stereocenters. The Kier molecular flexibility index (Phi) is 4.10. The summed E-state index contributed by atoms with van der Waals surface area (Å²) in [5.41, 5.74) is 1.41. The van der Waals surface area contributed by atoms with Crippen LogP contribution in [0, 0.1) is 0 Å². The molecule has 2 aromatic rings. The number of hydrogen-bond donors (Lipinski definition) is 0. The topological polar surface area (TPSA) is 46.6 Å². The van der Waals surface area contributed by atoms with Gasteiger partial charge in [0, 0.05) is 18.8 Å². The molecule has 3 rings (SSSR count). The molecule has 21 heavy (non-hydrogen) atoms. The van der Waals surface area contributed by atoms with Gasteiger partial charge in [-0.3, -0.25) is 4.31 Å². The van der Waals surface area contributed by atoms with Crippen molar-refractivity contribution in [1.29, 1.82) is 0 Å². The fourth-order valence-corrected chi connectivity index (χ4v) is 5.29. The number of hydrogen-bond acceptors (Lipinski definition) is 4. The zero-order valence-electron chi connectivity index (χ0n) is 11.2. The Balaban J connectivity index is 2.06. The minimum Gasteiger partial charge on any atom is -0.491 e. The van der Waals surface area contributed by atoms with Crippen molar-refractivity contribution in [2.24, 2.45) is 0 Å². The van der Waals surface area contributed by atoms with Crippen LogP contribution in [0.1, 0.15) is 12.0 Å². The van der Waals surface area contributed by atoms with E-state index in [-0.39, 0.29) is 0 Å². The summed E-state index contributed by atoms with van der Waals surface area (Å²) >= 11 is 6.96. The molecule has 0 atom stereocenters. The molecule has 0 aliphatic carbocycles. The third-order valence-corrected chi connectivity index (χ3v) is 6.81. The molecule has 7 heteroatoms. The van der Waals surface area contributed by atoms with Crippen molar-refractivity contribution in [3.05, 3.63) is 41.3 Å². The number of para-hydroxylation sites is 2. The summed E-state index contributed by atoms with van der Waals surface area (Å²) in [6.45, 7) is 0.924. The van der Waals surface area contributed by atoms with Crippen molar-refractivity contribution >= 4 is 38.6 Å². The van der Waals surface area contributed by atoms with Gasteiger partial charge in [0.1, 0.15) is 9.96 Å². The fourth-order valence-electron chi connectivity index (χ4n) is 2.21. The van der Waals surface area contributed by atoms with Gasteiger partial charge in [-0.2, -0.15) is 0 Å². The normalized spacial score (nSPS) is 15.2. The number of thiophene rings is 1. The summed E-state index contributed by atoms with van der Waals surface area (Å²) in [7, 11) is -3.57. The SMILES string of the molecule is O=S(=O)(c1cc(CCl)cs1)N1CCCOc2ccccc21. The summed E-state index contributed by atoms with van der Waals surface area (Å²) in [6, 6.07) is 8.86. The molecule has 1 aliphatic heterocycles. The Labute approximate surface area is 133 Å². The number of anilines is 1. The first-order valence-electron chi connectivity index (χ1n) is 6.51. The van der Waals surface area contributed by atoms with Crippen LogP contribution >= 0.6 is 22.9 Å². The van der Waals surface area contributed by atoms with Gasteiger partial charge in [-0.05, 0) is 29.1 Å². The molecule has 0 saturated heterocycles. The number of benzene rings is 1. The second-order valence-electron chi connectivity index (χ2n) is 4.65. The number of fused-ring (bicyclic) bond motifs is 1. The Bertz CT molecular complexity index is 742. The third-order valence-electron chi connectivity index (χ3n) is 3.23. The van der Waals surface area contributed by atoms with E-state index in [0.717, 1.165) is 5.56 Å². The molecule has 0 amide bonds. The highest BCUT2D eigenvalue weighted by Crippen LogP contribution is 2.35. The van der Waals surface area contributed by atoms with E-state index in [9.17, 15) is 8.42 Å².